The fourth-order valence-electron chi connectivity index (χ4n) is 6.99. The number of carbonyl (C=O) groups is 4. The van der Waals surface area contributed by atoms with E-state index in [-0.39, 0.29) is 118 Å². The molecule has 1 aromatic carbocycles. The summed E-state index contributed by atoms with van der Waals surface area (Å²) in [6.07, 6.45) is 2.93. The number of nitrogens with two attached hydrogens (primary N) is 1. The molecular weight excluding hydrogens is 819 g/mol. The summed E-state index contributed by atoms with van der Waals surface area (Å²) in [6, 6.07) is -0.197. The molecule has 5 heterocycles. The number of anilines is 2. The van der Waals surface area contributed by atoms with Crippen molar-refractivity contribution in [1.82, 2.24) is 24.7 Å². The van der Waals surface area contributed by atoms with Gasteiger partial charge in [-0.15, -0.1) is 23.1 Å². The number of carboxylic acid groups (broad SMARTS) is 2. The van der Waals surface area contributed by atoms with Crippen molar-refractivity contribution in [3.05, 3.63) is 62.0 Å². The van der Waals surface area contributed by atoms with E-state index < -0.39 is 57.8 Å². The number of thioether (sulfide) groups is 2. The Bertz CT molecular complexity index is 2190. The standard InChI is InChI=1S/C33H33F2N7O7S4.2Na/c1-39(8-14-4-5-40(9-14)26-20(34)7-18-25(22(26)35)41(17-2-3-17)10-19(27(18)44)30(46)47)33(50)53-12-15-11-51-29-23(28(45)42(29)24(15)31(48)49)38-21(43)6-16-13-52-32(36)37-16;;/h7,10,13-14,17,23,29H,2-6,8-9,11-12H2,1H3,(H2,36,37)(H,38,43)(H,46,47)(H,48,49);;/q;2*+1/p-2/t14?,23-,29-;;/m1../s1. The molecule has 2 aromatic heterocycles. The van der Waals surface area contributed by atoms with Crippen LogP contribution < -0.4 is 90.7 Å². The molecule has 0 radical (unpaired) electrons. The molecule has 4 aliphatic rings. The Morgan fingerprint density at radius 3 is 2.53 bits per heavy atom. The van der Waals surface area contributed by atoms with Gasteiger partial charge in [-0.3, -0.25) is 19.3 Å². The Morgan fingerprint density at radius 1 is 1.16 bits per heavy atom. The molecule has 7 rings (SSSR count). The Morgan fingerprint density at radius 2 is 1.89 bits per heavy atom. The number of thiocarbonyl (C=S) groups is 1. The van der Waals surface area contributed by atoms with E-state index in [1.807, 2.05) is 4.90 Å². The van der Waals surface area contributed by atoms with E-state index >= 15 is 8.78 Å². The van der Waals surface area contributed by atoms with Gasteiger partial charge in [0.2, 0.25) is 5.91 Å². The Kier molecular flexibility index (Phi) is 14.1. The van der Waals surface area contributed by atoms with Crippen LogP contribution in [0.4, 0.5) is 19.6 Å². The molecule has 0 spiro atoms. The quantitative estimate of drug-likeness (QED) is 0.105. The number of fused-ring (bicyclic) bond motifs is 2. The van der Waals surface area contributed by atoms with Gasteiger partial charge in [-0.1, -0.05) is 24.0 Å². The SMILES string of the molecule is CN(CC1CCN(c2c(F)cc3c(=O)c(C(=O)[O-])cn(C4CC4)c3c2F)C1)C(=S)SCC1=C(C(=O)[O-])N2C(=O)[C@@H](NC(=O)Cc3csc(N)n3)[C@H]2SC1.[Na+].[Na+]. The summed E-state index contributed by atoms with van der Waals surface area (Å²) in [5.41, 5.74) is 4.25. The largest absolute Gasteiger partial charge is 1.00 e. The van der Waals surface area contributed by atoms with Crippen LogP contribution in [0.3, 0.4) is 0 Å². The monoisotopic (exact) mass is 849 g/mol. The number of pyridine rings is 1. The topological polar surface area (TPSA) is 197 Å². The number of nitrogens with one attached hydrogen (secondary N) is 1. The van der Waals surface area contributed by atoms with Crippen molar-refractivity contribution in [2.24, 2.45) is 5.92 Å². The number of halogens is 2. The molecule has 14 nitrogen and oxygen atoms in total. The van der Waals surface area contributed by atoms with Crippen LogP contribution >= 0.6 is 47.1 Å². The maximum absolute atomic E-state index is 16.1. The molecule has 1 saturated carbocycles. The van der Waals surface area contributed by atoms with Gasteiger partial charge in [-0.05, 0) is 36.8 Å². The fourth-order valence-corrected chi connectivity index (χ4v) is 10.1. The molecule has 3 atom stereocenters. The number of aromatic carboxylic acids is 1. The molecule has 3 fully saturated rings. The maximum atomic E-state index is 16.1. The molecule has 1 aliphatic carbocycles. The number of nitrogens with zero attached hydrogens (tertiary/aromatic N) is 5. The summed E-state index contributed by atoms with van der Waals surface area (Å²) in [4.78, 5) is 70.8. The number of aromatic nitrogens is 2. The molecule has 2 saturated heterocycles. The number of hydrogen-bond donors (Lipinski definition) is 2. The molecular formula is C33H31F2N7Na2O7S4. The first-order valence-corrected chi connectivity index (χ1v) is 19.8. The number of amides is 2. The zero-order valence-corrected chi connectivity index (χ0v) is 37.2. The van der Waals surface area contributed by atoms with Crippen molar-refractivity contribution in [3.63, 3.8) is 0 Å². The fraction of sp³-hybridized carbons (Fsp3) is 0.424. The normalized spacial score (nSPS) is 20.3. The van der Waals surface area contributed by atoms with Gasteiger partial charge >= 0.3 is 59.1 Å². The van der Waals surface area contributed by atoms with Gasteiger partial charge in [0.1, 0.15) is 27.2 Å². The Labute approximate surface area is 375 Å². The molecule has 55 heavy (non-hydrogen) atoms. The number of thiazole rings is 1. The Balaban J connectivity index is 0.00000290. The van der Waals surface area contributed by atoms with Crippen LogP contribution in [0.25, 0.3) is 10.9 Å². The Hall–Kier alpha value is -2.27. The predicted molar refractivity (Wildman–Crippen MR) is 196 cm³/mol. The number of carboxylic acids is 2. The third-order valence-corrected chi connectivity index (χ3v) is 13.4. The first-order valence-electron chi connectivity index (χ1n) is 16.5. The predicted octanol–water partition coefficient (Wildman–Crippen LogP) is -5.55. The van der Waals surface area contributed by atoms with Crippen molar-refractivity contribution >= 4 is 96.9 Å². The summed E-state index contributed by atoms with van der Waals surface area (Å²) in [5, 5.41) is 27.5. The van der Waals surface area contributed by atoms with Crippen molar-refractivity contribution in [2.75, 3.05) is 48.8 Å². The number of carbonyl (C=O) groups excluding carboxylic acids is 4. The summed E-state index contributed by atoms with van der Waals surface area (Å²) in [5.74, 6) is -5.71. The zero-order chi connectivity index (χ0) is 37.9. The van der Waals surface area contributed by atoms with Crippen molar-refractivity contribution in [2.45, 2.75) is 43.1 Å². The maximum Gasteiger partial charge on any atom is 1.00 e. The van der Waals surface area contributed by atoms with Crippen LogP contribution in [-0.2, 0) is 20.8 Å². The van der Waals surface area contributed by atoms with Crippen LogP contribution in [0.1, 0.15) is 41.4 Å². The number of β-lactam (4-membered cyclic amide) rings is 1. The average Bonchev–Trinajstić information content (AvgIpc) is 3.73. The molecule has 1 unspecified atom stereocenters. The minimum Gasteiger partial charge on any atom is -0.545 e. The number of nitrogen functional groups attached to an aromatic ring is 1. The second-order valence-electron chi connectivity index (χ2n) is 13.3. The second kappa shape index (κ2) is 17.7. The van der Waals surface area contributed by atoms with E-state index in [4.69, 9.17) is 18.0 Å². The number of hydrogen-bond acceptors (Lipinski definition) is 14. The third-order valence-electron chi connectivity index (χ3n) is 9.63. The molecule has 22 heteroatoms. The van der Waals surface area contributed by atoms with Crippen molar-refractivity contribution in [3.8, 4) is 0 Å². The van der Waals surface area contributed by atoms with E-state index in [1.165, 1.54) is 39.4 Å². The van der Waals surface area contributed by atoms with E-state index in [0.717, 1.165) is 17.2 Å². The van der Waals surface area contributed by atoms with Crippen LogP contribution in [0.5, 0.6) is 0 Å². The molecule has 0 bridgehead atoms. The van der Waals surface area contributed by atoms with Crippen LogP contribution in [0.15, 0.2) is 33.7 Å². The number of benzene rings is 1. The van der Waals surface area contributed by atoms with Gasteiger partial charge in [-0.25, -0.2) is 13.8 Å². The van der Waals surface area contributed by atoms with Gasteiger partial charge in [0, 0.05) is 55.8 Å². The first-order chi connectivity index (χ1) is 25.2. The van der Waals surface area contributed by atoms with Crippen LogP contribution in [0, 0.1) is 17.6 Å². The molecule has 3 N–H and O–H groups in total. The number of aliphatic carboxylic acids is 1. The average molecular weight is 850 g/mol. The van der Waals surface area contributed by atoms with Crippen molar-refractivity contribution < 1.29 is 97.3 Å². The smallest absolute Gasteiger partial charge is 0.545 e. The van der Waals surface area contributed by atoms with E-state index in [0.29, 0.717) is 53.1 Å². The van der Waals surface area contributed by atoms with Gasteiger partial charge in [0.25, 0.3) is 5.91 Å². The molecule has 3 aromatic rings. The summed E-state index contributed by atoms with van der Waals surface area (Å²) in [7, 11) is 1.77. The van der Waals surface area contributed by atoms with E-state index in [9.17, 15) is 34.2 Å². The second-order valence-corrected chi connectivity index (χ2v) is 16.9. The van der Waals surface area contributed by atoms with E-state index in [1.54, 1.807) is 17.3 Å². The van der Waals surface area contributed by atoms with Crippen molar-refractivity contribution in [1.29, 1.82) is 0 Å². The summed E-state index contributed by atoms with van der Waals surface area (Å²) < 4.78 is 33.5. The van der Waals surface area contributed by atoms with E-state index in [2.05, 4.69) is 10.3 Å². The minimum absolute atomic E-state index is 0. The minimum atomic E-state index is -1.71. The molecule has 2 amide bonds. The molecule has 3 aliphatic heterocycles. The van der Waals surface area contributed by atoms with Gasteiger partial charge in [0.05, 0.1) is 46.2 Å². The zero-order valence-electron chi connectivity index (χ0n) is 30.0. The van der Waals surface area contributed by atoms with Gasteiger partial charge in [0.15, 0.2) is 16.4 Å². The van der Waals surface area contributed by atoms with Gasteiger partial charge < -0.3 is 45.2 Å². The number of rotatable bonds is 11. The van der Waals surface area contributed by atoms with Crippen LogP contribution in [0.2, 0.25) is 0 Å². The van der Waals surface area contributed by atoms with Gasteiger partial charge in [-0.2, -0.15) is 0 Å². The summed E-state index contributed by atoms with van der Waals surface area (Å²) in [6.45, 7) is 1.05. The molecule has 280 valence electrons. The first kappa shape index (κ1) is 43.8. The third kappa shape index (κ3) is 8.78. The summed E-state index contributed by atoms with van der Waals surface area (Å²) >= 11 is 9.38. The van der Waals surface area contributed by atoms with Crippen LogP contribution in [-0.4, -0.2) is 97.0 Å².